The van der Waals surface area contributed by atoms with Crippen molar-refractivity contribution in [1.29, 1.82) is 0 Å². The Balaban J connectivity index is 1.81. The Bertz CT molecular complexity index is 476. The summed E-state index contributed by atoms with van der Waals surface area (Å²) in [5, 5.41) is 5.98. The lowest BCUT2D eigenvalue weighted by atomic mass is 9.89. The van der Waals surface area contributed by atoms with Gasteiger partial charge in [-0.2, -0.15) is 0 Å². The fourth-order valence-electron chi connectivity index (χ4n) is 2.07. The molecule has 0 unspecified atom stereocenters. The molecule has 1 aromatic heterocycles. The molecule has 1 aliphatic rings. The number of hydrogen-bond acceptors (Lipinski definition) is 5. The molecule has 0 aromatic carbocycles. The second-order valence-corrected chi connectivity index (χ2v) is 6.23. The summed E-state index contributed by atoms with van der Waals surface area (Å²) < 4.78 is 10.4. The normalized spacial score (nSPS) is 21.3. The van der Waals surface area contributed by atoms with Crippen LogP contribution in [0.2, 0.25) is 0 Å². The summed E-state index contributed by atoms with van der Waals surface area (Å²) in [5.41, 5.74) is 0.414. The molecule has 1 saturated carbocycles. The van der Waals surface area contributed by atoms with Crippen LogP contribution in [0.3, 0.4) is 0 Å². The van der Waals surface area contributed by atoms with Crippen molar-refractivity contribution in [2.24, 2.45) is 0 Å². The molecular formula is C15H23N3O3. The van der Waals surface area contributed by atoms with E-state index in [1.807, 2.05) is 26.8 Å². The van der Waals surface area contributed by atoms with Gasteiger partial charge in [0, 0.05) is 13.2 Å². The number of carbonyl (C=O) groups excluding carboxylic acids is 1. The van der Waals surface area contributed by atoms with Crippen LogP contribution in [0.25, 0.3) is 0 Å². The fraction of sp³-hybridized carbons (Fsp3) is 0.600. The summed E-state index contributed by atoms with van der Waals surface area (Å²) in [6, 6.07) is 4.07. The Labute approximate surface area is 125 Å². The summed E-state index contributed by atoms with van der Waals surface area (Å²) in [7, 11) is 1.74. The van der Waals surface area contributed by atoms with Crippen molar-refractivity contribution < 1.29 is 14.3 Å². The first-order chi connectivity index (χ1) is 9.85. The minimum atomic E-state index is -0.520. The average Bonchev–Trinajstić information content (AvgIpc) is 2.32. The first kappa shape index (κ1) is 15.6. The lowest BCUT2D eigenvalue weighted by Gasteiger charge is -2.35. The maximum absolute atomic E-state index is 11.6. The molecule has 0 spiro atoms. The van der Waals surface area contributed by atoms with E-state index in [4.69, 9.17) is 9.47 Å². The molecule has 21 heavy (non-hydrogen) atoms. The van der Waals surface area contributed by atoms with Crippen LogP contribution in [0.1, 0.15) is 33.6 Å². The third kappa shape index (κ3) is 4.90. The Morgan fingerprint density at radius 1 is 1.33 bits per heavy atom. The van der Waals surface area contributed by atoms with Crippen LogP contribution >= 0.6 is 0 Å². The second-order valence-electron chi connectivity index (χ2n) is 6.23. The SMILES string of the molecule is COC1CC(Nc2ccc(NC(=O)OC(C)(C)C)nc2)C1. The van der Waals surface area contributed by atoms with Gasteiger partial charge in [0.2, 0.25) is 0 Å². The molecule has 2 rings (SSSR count). The largest absolute Gasteiger partial charge is 0.444 e. The van der Waals surface area contributed by atoms with Crippen molar-refractivity contribution in [3.8, 4) is 0 Å². The lowest BCUT2D eigenvalue weighted by molar-refractivity contribution is 0.0328. The highest BCUT2D eigenvalue weighted by atomic mass is 16.6. The standard InChI is InChI=1S/C15H23N3O3/c1-15(2,3)21-14(19)18-13-6-5-10(9-16-13)17-11-7-12(8-11)20-4/h5-6,9,11-12,17H,7-8H2,1-4H3,(H,16,18,19). The Kier molecular flexibility index (Phi) is 4.67. The van der Waals surface area contributed by atoms with E-state index in [1.165, 1.54) is 0 Å². The summed E-state index contributed by atoms with van der Waals surface area (Å²) in [6.45, 7) is 5.46. The Morgan fingerprint density at radius 2 is 2.05 bits per heavy atom. The van der Waals surface area contributed by atoms with Gasteiger partial charge in [0.05, 0.1) is 18.0 Å². The van der Waals surface area contributed by atoms with E-state index >= 15 is 0 Å². The number of nitrogens with zero attached hydrogens (tertiary/aromatic N) is 1. The maximum atomic E-state index is 11.6. The molecule has 0 saturated heterocycles. The number of aromatic nitrogens is 1. The van der Waals surface area contributed by atoms with Crippen molar-refractivity contribution in [3.05, 3.63) is 18.3 Å². The minimum absolute atomic E-state index is 0.364. The van der Waals surface area contributed by atoms with Gasteiger partial charge in [-0.25, -0.2) is 9.78 Å². The Morgan fingerprint density at radius 3 is 2.57 bits per heavy atom. The number of rotatable bonds is 4. The molecule has 2 N–H and O–H groups in total. The van der Waals surface area contributed by atoms with Crippen molar-refractivity contribution >= 4 is 17.6 Å². The van der Waals surface area contributed by atoms with Gasteiger partial charge in [-0.05, 0) is 45.7 Å². The summed E-state index contributed by atoms with van der Waals surface area (Å²) in [4.78, 5) is 15.8. The zero-order valence-electron chi connectivity index (χ0n) is 13.0. The minimum Gasteiger partial charge on any atom is -0.444 e. The van der Waals surface area contributed by atoms with Gasteiger partial charge in [0.15, 0.2) is 0 Å². The van der Waals surface area contributed by atoms with Crippen molar-refractivity contribution in [3.63, 3.8) is 0 Å². The third-order valence-electron chi connectivity index (χ3n) is 3.19. The topological polar surface area (TPSA) is 72.5 Å². The number of ether oxygens (including phenoxy) is 2. The zero-order valence-corrected chi connectivity index (χ0v) is 13.0. The highest BCUT2D eigenvalue weighted by molar-refractivity contribution is 5.83. The van der Waals surface area contributed by atoms with Crippen LogP contribution in [-0.4, -0.2) is 35.9 Å². The smallest absolute Gasteiger partial charge is 0.413 e. The van der Waals surface area contributed by atoms with Crippen LogP contribution in [0, 0.1) is 0 Å². The molecular weight excluding hydrogens is 270 g/mol. The highest BCUT2D eigenvalue weighted by Crippen LogP contribution is 2.26. The van der Waals surface area contributed by atoms with E-state index in [2.05, 4.69) is 15.6 Å². The molecule has 1 aliphatic carbocycles. The number of anilines is 2. The number of pyridine rings is 1. The van der Waals surface area contributed by atoms with E-state index in [0.717, 1.165) is 18.5 Å². The maximum Gasteiger partial charge on any atom is 0.413 e. The van der Waals surface area contributed by atoms with Gasteiger partial charge in [0.25, 0.3) is 0 Å². The van der Waals surface area contributed by atoms with Crippen LogP contribution < -0.4 is 10.6 Å². The monoisotopic (exact) mass is 293 g/mol. The zero-order chi connectivity index (χ0) is 15.5. The molecule has 116 valence electrons. The van der Waals surface area contributed by atoms with Gasteiger partial charge in [-0.1, -0.05) is 0 Å². The molecule has 0 bridgehead atoms. The van der Waals surface area contributed by atoms with Crippen molar-refractivity contribution in [1.82, 2.24) is 4.98 Å². The number of methoxy groups -OCH3 is 1. The van der Waals surface area contributed by atoms with Crippen LogP contribution in [0.15, 0.2) is 18.3 Å². The molecule has 0 aliphatic heterocycles. The van der Waals surface area contributed by atoms with E-state index in [1.54, 1.807) is 19.4 Å². The molecule has 1 amide bonds. The molecule has 6 heteroatoms. The third-order valence-corrected chi connectivity index (χ3v) is 3.19. The first-order valence-electron chi connectivity index (χ1n) is 7.11. The van der Waals surface area contributed by atoms with Gasteiger partial charge in [-0.15, -0.1) is 0 Å². The molecule has 1 fully saturated rings. The van der Waals surface area contributed by atoms with Crippen LogP contribution in [-0.2, 0) is 9.47 Å². The lowest BCUT2D eigenvalue weighted by Crippen LogP contribution is -2.40. The van der Waals surface area contributed by atoms with Crippen molar-refractivity contribution in [2.45, 2.75) is 51.4 Å². The predicted molar refractivity (Wildman–Crippen MR) is 81.5 cm³/mol. The first-order valence-corrected chi connectivity index (χ1v) is 7.11. The summed E-state index contributed by atoms with van der Waals surface area (Å²) in [6.07, 6.45) is 3.58. The second kappa shape index (κ2) is 6.30. The van der Waals surface area contributed by atoms with Crippen LogP contribution in [0.5, 0.6) is 0 Å². The van der Waals surface area contributed by atoms with E-state index in [0.29, 0.717) is 18.0 Å². The molecule has 6 nitrogen and oxygen atoms in total. The predicted octanol–water partition coefficient (Wildman–Crippen LogP) is 3.02. The molecule has 0 radical (unpaired) electrons. The Hall–Kier alpha value is -1.82. The average molecular weight is 293 g/mol. The van der Waals surface area contributed by atoms with Gasteiger partial charge >= 0.3 is 6.09 Å². The van der Waals surface area contributed by atoms with E-state index in [9.17, 15) is 4.79 Å². The number of nitrogens with one attached hydrogen (secondary N) is 2. The van der Waals surface area contributed by atoms with Gasteiger partial charge in [0.1, 0.15) is 11.4 Å². The number of hydrogen-bond donors (Lipinski definition) is 2. The summed E-state index contributed by atoms with van der Waals surface area (Å²) in [5.74, 6) is 0.471. The number of amides is 1. The van der Waals surface area contributed by atoms with Gasteiger partial charge in [-0.3, -0.25) is 5.32 Å². The summed E-state index contributed by atoms with van der Waals surface area (Å²) >= 11 is 0. The molecule has 1 aromatic rings. The molecule has 0 atom stereocenters. The van der Waals surface area contributed by atoms with Crippen molar-refractivity contribution in [2.75, 3.05) is 17.7 Å². The fourth-order valence-corrected chi connectivity index (χ4v) is 2.07. The van der Waals surface area contributed by atoms with Gasteiger partial charge < -0.3 is 14.8 Å². The molecule has 1 heterocycles. The quantitative estimate of drug-likeness (QED) is 0.892. The van der Waals surface area contributed by atoms with Crippen LogP contribution in [0.4, 0.5) is 16.3 Å². The van der Waals surface area contributed by atoms with E-state index in [-0.39, 0.29) is 0 Å². The highest BCUT2D eigenvalue weighted by Gasteiger charge is 2.28. The van der Waals surface area contributed by atoms with E-state index < -0.39 is 11.7 Å². The number of carbonyl (C=O) groups is 1.